The summed E-state index contributed by atoms with van der Waals surface area (Å²) in [6.07, 6.45) is 5.06. The Morgan fingerprint density at radius 1 is 1.62 bits per heavy atom. The zero-order valence-electron chi connectivity index (χ0n) is 6.84. The van der Waals surface area contributed by atoms with Crippen LogP contribution in [0.1, 0.15) is 0 Å². The van der Waals surface area contributed by atoms with E-state index >= 15 is 0 Å². The Morgan fingerprint density at radius 2 is 2.54 bits per heavy atom. The fourth-order valence-corrected chi connectivity index (χ4v) is 1.09. The molecule has 0 aliphatic carbocycles. The topological polar surface area (TPSA) is 54.8 Å². The van der Waals surface area contributed by atoms with Gasteiger partial charge in [-0.2, -0.15) is 10.4 Å². The number of aromatic nitrogens is 2. The van der Waals surface area contributed by atoms with Gasteiger partial charge >= 0.3 is 0 Å². The largest absolute Gasteiger partial charge is 0.464 e. The monoisotopic (exact) mass is 173 g/mol. The Labute approximate surface area is 75.0 Å². The second kappa shape index (κ2) is 3.15. The first kappa shape index (κ1) is 7.62. The van der Waals surface area contributed by atoms with Crippen LogP contribution in [0.15, 0.2) is 35.2 Å². The number of hydrogen-bond donors (Lipinski definition) is 0. The summed E-state index contributed by atoms with van der Waals surface area (Å²) in [5, 5.41) is 12.4. The number of hydrogen-bond acceptors (Lipinski definition) is 3. The summed E-state index contributed by atoms with van der Waals surface area (Å²) in [6.45, 7) is 0.265. The highest BCUT2D eigenvalue weighted by molar-refractivity contribution is 5.54. The van der Waals surface area contributed by atoms with Crippen LogP contribution in [0.3, 0.4) is 0 Å². The lowest BCUT2D eigenvalue weighted by Crippen LogP contribution is -1.93. The molecule has 4 heteroatoms. The van der Waals surface area contributed by atoms with Gasteiger partial charge in [-0.1, -0.05) is 0 Å². The summed E-state index contributed by atoms with van der Waals surface area (Å²) in [5.74, 6) is 0.768. The number of nitriles is 1. The lowest BCUT2D eigenvalue weighted by Gasteiger charge is -1.88. The quantitative estimate of drug-likeness (QED) is 0.694. The van der Waals surface area contributed by atoms with Gasteiger partial charge in [-0.3, -0.25) is 4.68 Å². The lowest BCUT2D eigenvalue weighted by atomic mass is 10.3. The highest BCUT2D eigenvalue weighted by Gasteiger charge is 2.02. The molecule has 0 aromatic carbocycles. The molecule has 0 fully saturated rings. The summed E-state index contributed by atoms with van der Waals surface area (Å²) in [5.41, 5.74) is 0.889. The van der Waals surface area contributed by atoms with Gasteiger partial charge in [-0.25, -0.2) is 0 Å². The van der Waals surface area contributed by atoms with Crippen molar-refractivity contribution >= 4 is 0 Å². The molecule has 2 aromatic heterocycles. The molecule has 0 saturated heterocycles. The first-order valence-corrected chi connectivity index (χ1v) is 3.83. The van der Waals surface area contributed by atoms with E-state index in [1.54, 1.807) is 23.3 Å². The van der Waals surface area contributed by atoms with Gasteiger partial charge in [0.2, 0.25) is 0 Å². The van der Waals surface area contributed by atoms with Gasteiger partial charge in [0.25, 0.3) is 0 Å². The lowest BCUT2D eigenvalue weighted by molar-refractivity contribution is 0.582. The summed E-state index contributed by atoms with van der Waals surface area (Å²) in [7, 11) is 0. The fourth-order valence-electron chi connectivity index (χ4n) is 1.09. The van der Waals surface area contributed by atoms with Gasteiger partial charge in [0.15, 0.2) is 0 Å². The predicted octanol–water partition coefficient (Wildman–Crippen LogP) is 1.67. The number of furan rings is 1. The average Bonchev–Trinajstić information content (AvgIpc) is 2.70. The van der Waals surface area contributed by atoms with Crippen LogP contribution < -0.4 is 0 Å². The molecule has 0 saturated carbocycles. The molecule has 2 aromatic rings. The fraction of sp³-hybridized carbons (Fsp3) is 0.111. The minimum Gasteiger partial charge on any atom is -0.464 e. The normalized spacial score (nSPS) is 9.77. The molecule has 0 radical (unpaired) electrons. The highest BCUT2D eigenvalue weighted by atomic mass is 16.3. The van der Waals surface area contributed by atoms with E-state index < -0.39 is 0 Å². The summed E-state index contributed by atoms with van der Waals surface area (Å²) in [6, 6.07) is 5.68. The Balaban J connectivity index is 2.29. The van der Waals surface area contributed by atoms with E-state index in [1.807, 2.05) is 18.2 Å². The van der Waals surface area contributed by atoms with Crippen LogP contribution in [0.5, 0.6) is 0 Å². The number of nitrogens with zero attached hydrogens (tertiary/aromatic N) is 3. The molecular formula is C9H7N3O. The van der Waals surface area contributed by atoms with Crippen LogP contribution in [0, 0.1) is 11.3 Å². The maximum absolute atomic E-state index is 8.43. The van der Waals surface area contributed by atoms with Crippen molar-refractivity contribution < 1.29 is 4.42 Å². The van der Waals surface area contributed by atoms with E-state index in [4.69, 9.17) is 9.68 Å². The maximum atomic E-state index is 8.43. The highest BCUT2D eigenvalue weighted by Crippen LogP contribution is 2.18. The van der Waals surface area contributed by atoms with Crippen molar-refractivity contribution in [2.75, 3.05) is 0 Å². The molecule has 2 heterocycles. The molecule has 0 spiro atoms. The van der Waals surface area contributed by atoms with Crippen molar-refractivity contribution in [2.45, 2.75) is 6.54 Å². The molecule has 0 N–H and O–H groups in total. The van der Waals surface area contributed by atoms with E-state index in [1.165, 1.54) is 0 Å². The zero-order valence-corrected chi connectivity index (χ0v) is 6.84. The molecular weight excluding hydrogens is 166 g/mol. The second-order valence-electron chi connectivity index (χ2n) is 2.56. The van der Waals surface area contributed by atoms with E-state index in [-0.39, 0.29) is 6.54 Å². The van der Waals surface area contributed by atoms with Crippen LogP contribution in [0.4, 0.5) is 0 Å². The van der Waals surface area contributed by atoms with Gasteiger partial charge in [0.05, 0.1) is 24.1 Å². The Bertz CT molecular complexity index is 422. The molecule has 0 amide bonds. The minimum absolute atomic E-state index is 0.265. The molecule has 0 aliphatic heterocycles. The van der Waals surface area contributed by atoms with E-state index in [2.05, 4.69) is 5.10 Å². The van der Waals surface area contributed by atoms with E-state index in [0.717, 1.165) is 11.3 Å². The van der Waals surface area contributed by atoms with Crippen molar-refractivity contribution in [3.8, 4) is 17.4 Å². The van der Waals surface area contributed by atoms with E-state index in [0.29, 0.717) is 0 Å². The van der Waals surface area contributed by atoms with Gasteiger partial charge < -0.3 is 4.42 Å². The van der Waals surface area contributed by atoms with Crippen LogP contribution in [0.25, 0.3) is 11.3 Å². The maximum Gasteiger partial charge on any atom is 0.137 e. The van der Waals surface area contributed by atoms with Crippen molar-refractivity contribution in [1.29, 1.82) is 5.26 Å². The standard InChI is InChI=1S/C9H7N3O/c10-3-4-12-7-8(6-11-12)9-2-1-5-13-9/h1-2,5-7H,4H2. The Kier molecular flexibility index (Phi) is 1.85. The van der Waals surface area contributed by atoms with Crippen LogP contribution in [-0.2, 0) is 6.54 Å². The summed E-state index contributed by atoms with van der Waals surface area (Å²) >= 11 is 0. The first-order valence-electron chi connectivity index (χ1n) is 3.83. The smallest absolute Gasteiger partial charge is 0.137 e. The number of rotatable bonds is 2. The molecule has 2 rings (SSSR count). The van der Waals surface area contributed by atoms with Crippen LogP contribution in [0.2, 0.25) is 0 Å². The van der Waals surface area contributed by atoms with Gasteiger partial charge in [0.1, 0.15) is 12.3 Å². The molecule has 0 aliphatic rings. The van der Waals surface area contributed by atoms with Crippen LogP contribution >= 0.6 is 0 Å². The van der Waals surface area contributed by atoms with Crippen molar-refractivity contribution in [3.05, 3.63) is 30.8 Å². The SMILES string of the molecule is N#CCn1cc(-c2ccco2)cn1. The van der Waals surface area contributed by atoms with Crippen molar-refractivity contribution in [3.63, 3.8) is 0 Å². The molecule has 13 heavy (non-hydrogen) atoms. The minimum atomic E-state index is 0.265. The molecule has 0 bridgehead atoms. The summed E-state index contributed by atoms with van der Waals surface area (Å²) in [4.78, 5) is 0. The third kappa shape index (κ3) is 1.44. The molecule has 0 atom stereocenters. The zero-order chi connectivity index (χ0) is 9.10. The third-order valence-corrected chi connectivity index (χ3v) is 1.67. The van der Waals surface area contributed by atoms with Gasteiger partial charge in [-0.15, -0.1) is 0 Å². The van der Waals surface area contributed by atoms with Gasteiger partial charge in [0, 0.05) is 6.20 Å². The molecule has 64 valence electrons. The average molecular weight is 173 g/mol. The van der Waals surface area contributed by atoms with Gasteiger partial charge in [-0.05, 0) is 12.1 Å². The van der Waals surface area contributed by atoms with E-state index in [9.17, 15) is 0 Å². The third-order valence-electron chi connectivity index (χ3n) is 1.67. The Hall–Kier alpha value is -2.02. The predicted molar refractivity (Wildman–Crippen MR) is 45.5 cm³/mol. The Morgan fingerprint density at radius 3 is 3.23 bits per heavy atom. The molecule has 0 unspecified atom stereocenters. The first-order chi connectivity index (χ1) is 6.40. The van der Waals surface area contributed by atoms with Crippen LogP contribution in [-0.4, -0.2) is 9.78 Å². The second-order valence-corrected chi connectivity index (χ2v) is 2.56. The van der Waals surface area contributed by atoms with Crippen molar-refractivity contribution in [2.24, 2.45) is 0 Å². The molecule has 4 nitrogen and oxygen atoms in total. The van der Waals surface area contributed by atoms with Crippen molar-refractivity contribution in [1.82, 2.24) is 9.78 Å². The summed E-state index contributed by atoms with van der Waals surface area (Å²) < 4.78 is 6.74.